The molecule has 0 aromatic carbocycles. The fraction of sp³-hybridized carbons (Fsp3) is 0.591. The molecule has 2 amide bonds. The number of nitrogens with one attached hydrogen (secondary N) is 2. The lowest BCUT2D eigenvalue weighted by Gasteiger charge is -2.35. The summed E-state index contributed by atoms with van der Waals surface area (Å²) < 4.78 is 0. The molecule has 0 unspecified atom stereocenters. The summed E-state index contributed by atoms with van der Waals surface area (Å²) in [4.78, 5) is 49.4. The first kappa shape index (κ1) is 21.3. The zero-order valence-electron chi connectivity index (χ0n) is 18.4. The maximum absolute atomic E-state index is 13.2. The van der Waals surface area contributed by atoms with Gasteiger partial charge in [-0.3, -0.25) is 19.5 Å². The molecule has 0 radical (unpaired) electrons. The van der Waals surface area contributed by atoms with E-state index in [0.717, 1.165) is 25.0 Å². The minimum Gasteiger partial charge on any atom is -0.336 e. The van der Waals surface area contributed by atoms with Gasteiger partial charge in [0.15, 0.2) is 0 Å². The Morgan fingerprint density at radius 3 is 2.77 bits per heavy atom. The molecular formula is C22H30N6O3. The van der Waals surface area contributed by atoms with Crippen LogP contribution in [0.2, 0.25) is 0 Å². The van der Waals surface area contributed by atoms with E-state index in [0.29, 0.717) is 55.3 Å². The summed E-state index contributed by atoms with van der Waals surface area (Å²) in [5.74, 6) is 0.653. The van der Waals surface area contributed by atoms with Gasteiger partial charge in [0.2, 0.25) is 5.91 Å². The summed E-state index contributed by atoms with van der Waals surface area (Å²) in [6.07, 6.45) is 3.51. The van der Waals surface area contributed by atoms with Crippen LogP contribution in [0.25, 0.3) is 0 Å². The zero-order valence-corrected chi connectivity index (χ0v) is 18.4. The molecular weight excluding hydrogens is 396 g/mol. The normalized spacial score (nSPS) is 18.9. The minimum atomic E-state index is -0.310. The summed E-state index contributed by atoms with van der Waals surface area (Å²) in [6.45, 7) is 7.39. The smallest absolute Gasteiger partial charge is 0.274 e. The number of fused-ring (bicyclic) bond motifs is 1. The number of aromatic nitrogens is 4. The number of aromatic amines is 2. The molecule has 2 aromatic rings. The molecule has 2 aliphatic rings. The summed E-state index contributed by atoms with van der Waals surface area (Å²) in [7, 11) is 0. The second kappa shape index (κ2) is 8.64. The van der Waals surface area contributed by atoms with E-state index in [1.807, 2.05) is 20.8 Å². The quantitative estimate of drug-likeness (QED) is 0.778. The average molecular weight is 427 g/mol. The lowest BCUT2D eigenvalue weighted by atomic mass is 9.99. The van der Waals surface area contributed by atoms with Crippen molar-refractivity contribution >= 4 is 11.8 Å². The number of carbonyl (C=O) groups is 2. The van der Waals surface area contributed by atoms with Crippen molar-refractivity contribution in [3.05, 3.63) is 44.9 Å². The number of carbonyl (C=O) groups excluding carboxylic acids is 2. The number of piperidine rings is 1. The fourth-order valence-corrected chi connectivity index (χ4v) is 4.40. The van der Waals surface area contributed by atoms with E-state index in [-0.39, 0.29) is 29.3 Å². The van der Waals surface area contributed by atoms with Crippen LogP contribution in [0.5, 0.6) is 0 Å². The number of likely N-dealkylation sites (tertiary alicyclic amines) is 1. The molecule has 0 spiro atoms. The van der Waals surface area contributed by atoms with Gasteiger partial charge in [-0.25, -0.2) is 4.98 Å². The highest BCUT2D eigenvalue weighted by molar-refractivity contribution is 5.92. The van der Waals surface area contributed by atoms with E-state index < -0.39 is 0 Å². The van der Waals surface area contributed by atoms with Crippen LogP contribution >= 0.6 is 0 Å². The van der Waals surface area contributed by atoms with Gasteiger partial charge >= 0.3 is 0 Å². The molecule has 4 heterocycles. The first-order valence-corrected chi connectivity index (χ1v) is 11.1. The Hall–Kier alpha value is -2.97. The molecule has 9 nitrogen and oxygen atoms in total. The molecule has 0 saturated carbocycles. The first-order chi connectivity index (χ1) is 14.9. The second-order valence-electron chi connectivity index (χ2n) is 8.67. The van der Waals surface area contributed by atoms with E-state index in [2.05, 4.69) is 15.2 Å². The summed E-state index contributed by atoms with van der Waals surface area (Å²) >= 11 is 0. The molecule has 4 rings (SSSR count). The third-order valence-electron chi connectivity index (χ3n) is 6.27. The van der Waals surface area contributed by atoms with Crippen molar-refractivity contribution in [1.82, 2.24) is 30.0 Å². The highest BCUT2D eigenvalue weighted by Gasteiger charge is 2.33. The Kier molecular flexibility index (Phi) is 5.93. The highest BCUT2D eigenvalue weighted by atomic mass is 16.2. The standard InChI is InChI=1S/C22H30N6O3/c1-4-19(29)27-10-8-14-17(12-27)23-20(24-21(14)30)18-7-5-6-9-28(18)22(31)16-11-15(13(2)3)25-26-16/h11,13,18H,4-10,12H2,1-3H3,(H,25,26)(H,23,24,30)/t18-/m1/s1. The third-order valence-corrected chi connectivity index (χ3v) is 6.27. The largest absolute Gasteiger partial charge is 0.336 e. The summed E-state index contributed by atoms with van der Waals surface area (Å²) in [5.41, 5.74) is 2.43. The molecule has 166 valence electrons. The molecule has 1 saturated heterocycles. The Morgan fingerprint density at radius 2 is 2.06 bits per heavy atom. The van der Waals surface area contributed by atoms with E-state index in [1.165, 1.54) is 0 Å². The van der Waals surface area contributed by atoms with Gasteiger partial charge in [0.05, 0.1) is 18.3 Å². The monoisotopic (exact) mass is 426 g/mol. The fourth-order valence-electron chi connectivity index (χ4n) is 4.40. The third kappa shape index (κ3) is 4.13. The van der Waals surface area contributed by atoms with Gasteiger partial charge in [-0.05, 0) is 37.7 Å². The topological polar surface area (TPSA) is 115 Å². The van der Waals surface area contributed by atoms with E-state index in [1.54, 1.807) is 15.9 Å². The summed E-state index contributed by atoms with van der Waals surface area (Å²) in [5, 5.41) is 7.16. The van der Waals surface area contributed by atoms with Crippen molar-refractivity contribution in [2.24, 2.45) is 0 Å². The lowest BCUT2D eigenvalue weighted by molar-refractivity contribution is -0.131. The zero-order chi connectivity index (χ0) is 22.1. The molecule has 2 aliphatic heterocycles. The maximum atomic E-state index is 13.2. The van der Waals surface area contributed by atoms with Gasteiger partial charge < -0.3 is 14.8 Å². The van der Waals surface area contributed by atoms with E-state index >= 15 is 0 Å². The van der Waals surface area contributed by atoms with Crippen molar-refractivity contribution in [2.45, 2.75) is 71.4 Å². The van der Waals surface area contributed by atoms with Gasteiger partial charge in [-0.1, -0.05) is 20.8 Å². The predicted molar refractivity (Wildman–Crippen MR) is 115 cm³/mol. The van der Waals surface area contributed by atoms with Crippen LogP contribution in [0.15, 0.2) is 10.9 Å². The molecule has 1 atom stereocenters. The Bertz CT molecular complexity index is 1040. The lowest BCUT2D eigenvalue weighted by Crippen LogP contribution is -2.42. The molecule has 1 fully saturated rings. The van der Waals surface area contributed by atoms with Crippen LogP contribution in [0.4, 0.5) is 0 Å². The summed E-state index contributed by atoms with van der Waals surface area (Å²) in [6, 6.07) is 1.49. The van der Waals surface area contributed by atoms with Crippen molar-refractivity contribution < 1.29 is 9.59 Å². The van der Waals surface area contributed by atoms with Crippen LogP contribution in [0.3, 0.4) is 0 Å². The van der Waals surface area contributed by atoms with Crippen LogP contribution in [-0.2, 0) is 17.8 Å². The van der Waals surface area contributed by atoms with Crippen molar-refractivity contribution in [2.75, 3.05) is 13.1 Å². The molecule has 0 aliphatic carbocycles. The van der Waals surface area contributed by atoms with Gasteiger partial charge in [0.25, 0.3) is 11.5 Å². The SMILES string of the molecule is CCC(=O)N1CCc2c(nc([C@H]3CCCCN3C(=O)c3cc(C(C)C)[nH]n3)[nH]c2=O)C1. The molecule has 2 N–H and O–H groups in total. The number of hydrogen-bond acceptors (Lipinski definition) is 5. The van der Waals surface area contributed by atoms with Crippen LogP contribution in [-0.4, -0.2) is 54.9 Å². The molecule has 2 aromatic heterocycles. The Morgan fingerprint density at radius 1 is 1.26 bits per heavy atom. The predicted octanol–water partition coefficient (Wildman–Crippen LogP) is 2.28. The minimum absolute atomic E-state index is 0.0586. The van der Waals surface area contributed by atoms with E-state index in [4.69, 9.17) is 4.98 Å². The maximum Gasteiger partial charge on any atom is 0.274 e. The Labute approximate surface area is 181 Å². The van der Waals surface area contributed by atoms with Crippen molar-refractivity contribution in [1.29, 1.82) is 0 Å². The number of nitrogens with zero attached hydrogens (tertiary/aromatic N) is 4. The van der Waals surface area contributed by atoms with Crippen molar-refractivity contribution in [3.63, 3.8) is 0 Å². The molecule has 31 heavy (non-hydrogen) atoms. The van der Waals surface area contributed by atoms with Gasteiger partial charge in [-0.2, -0.15) is 5.10 Å². The average Bonchev–Trinajstić information content (AvgIpc) is 3.28. The van der Waals surface area contributed by atoms with Crippen LogP contribution in [0, 0.1) is 0 Å². The van der Waals surface area contributed by atoms with Gasteiger partial charge in [0.1, 0.15) is 11.5 Å². The molecule has 9 heteroatoms. The van der Waals surface area contributed by atoms with Crippen molar-refractivity contribution in [3.8, 4) is 0 Å². The number of H-pyrrole nitrogens is 2. The van der Waals surface area contributed by atoms with Crippen LogP contribution in [0.1, 0.15) is 91.7 Å². The van der Waals surface area contributed by atoms with Gasteiger partial charge in [-0.15, -0.1) is 0 Å². The highest BCUT2D eigenvalue weighted by Crippen LogP contribution is 2.31. The molecule has 0 bridgehead atoms. The first-order valence-electron chi connectivity index (χ1n) is 11.1. The second-order valence-corrected chi connectivity index (χ2v) is 8.67. The van der Waals surface area contributed by atoms with E-state index in [9.17, 15) is 14.4 Å². The number of rotatable bonds is 4. The van der Waals surface area contributed by atoms with Gasteiger partial charge in [0, 0.05) is 30.8 Å². The number of amides is 2. The van der Waals surface area contributed by atoms with Crippen LogP contribution < -0.4 is 5.56 Å². The number of hydrogen-bond donors (Lipinski definition) is 2. The Balaban J connectivity index is 1.64.